The minimum absolute atomic E-state index is 0.00774. The van der Waals surface area contributed by atoms with Crippen molar-refractivity contribution in [3.8, 4) is 11.4 Å². The average Bonchev–Trinajstić information content (AvgIpc) is 2.84. The average molecular weight is 445 g/mol. The topological polar surface area (TPSA) is 61.2 Å². The van der Waals surface area contributed by atoms with Crippen LogP contribution in [0.25, 0.3) is 16.6 Å². The number of fused-ring (bicyclic) bond motifs is 1. The molecule has 162 valence electrons. The monoisotopic (exact) mass is 444 g/mol. The van der Waals surface area contributed by atoms with E-state index in [4.69, 9.17) is 9.72 Å². The number of para-hydroxylation sites is 3. The molecule has 0 saturated carbocycles. The largest absolute Gasteiger partial charge is 0.495 e. The molecule has 0 N–H and O–H groups in total. The number of aryl methyl sites for hydroxylation is 1. The Bertz CT molecular complexity index is 1330. The molecule has 4 rings (SSSR count). The number of carbonyl (C=O) groups is 1. The lowest BCUT2D eigenvalue weighted by atomic mass is 10.1. The molecule has 0 aliphatic heterocycles. The Morgan fingerprint density at radius 1 is 1.03 bits per heavy atom. The predicted octanol–water partition coefficient (Wildman–Crippen LogP) is 5.32. The molecule has 0 aliphatic rings. The molecule has 0 bridgehead atoms. The van der Waals surface area contributed by atoms with Crippen molar-refractivity contribution in [1.29, 1.82) is 0 Å². The first-order valence-electron chi connectivity index (χ1n) is 10.5. The number of ether oxygens (including phenoxy) is 1. The first kappa shape index (κ1) is 21.8. The van der Waals surface area contributed by atoms with Crippen LogP contribution < -0.4 is 10.3 Å². The summed E-state index contributed by atoms with van der Waals surface area (Å²) < 4.78 is 7.04. The highest BCUT2D eigenvalue weighted by Gasteiger charge is 2.22. The minimum Gasteiger partial charge on any atom is -0.495 e. The number of hydrogen-bond acceptors (Lipinski definition) is 5. The number of carbonyl (C=O) groups excluding carboxylic acids is 1. The Hall–Kier alpha value is -3.38. The van der Waals surface area contributed by atoms with E-state index in [2.05, 4.69) is 6.92 Å². The Kier molecular flexibility index (Phi) is 6.42. The van der Waals surface area contributed by atoms with E-state index in [0.29, 0.717) is 33.1 Å². The van der Waals surface area contributed by atoms with Crippen molar-refractivity contribution in [3.05, 3.63) is 94.3 Å². The van der Waals surface area contributed by atoms with E-state index in [1.165, 1.54) is 21.9 Å². The van der Waals surface area contributed by atoms with Crippen molar-refractivity contribution in [1.82, 2.24) is 9.55 Å². The third-order valence-corrected chi connectivity index (χ3v) is 6.42. The van der Waals surface area contributed by atoms with E-state index in [-0.39, 0.29) is 11.3 Å². The summed E-state index contributed by atoms with van der Waals surface area (Å²) in [5, 5.41) is 0.526. The Morgan fingerprint density at radius 2 is 1.72 bits per heavy atom. The second-order valence-electron chi connectivity index (χ2n) is 7.40. The van der Waals surface area contributed by atoms with E-state index < -0.39 is 5.25 Å². The van der Waals surface area contributed by atoms with Crippen molar-refractivity contribution in [2.45, 2.75) is 30.7 Å². The molecule has 0 aliphatic carbocycles. The van der Waals surface area contributed by atoms with Gasteiger partial charge in [0.25, 0.3) is 5.56 Å². The fraction of sp³-hybridized carbons (Fsp3) is 0.192. The smallest absolute Gasteiger partial charge is 0.266 e. The van der Waals surface area contributed by atoms with Gasteiger partial charge in [0.15, 0.2) is 10.9 Å². The molecule has 5 nitrogen and oxygen atoms in total. The summed E-state index contributed by atoms with van der Waals surface area (Å²) in [6, 6.07) is 22.2. The van der Waals surface area contributed by atoms with Gasteiger partial charge in [-0.2, -0.15) is 0 Å². The van der Waals surface area contributed by atoms with Gasteiger partial charge in [0.2, 0.25) is 0 Å². The summed E-state index contributed by atoms with van der Waals surface area (Å²) >= 11 is 1.27. The van der Waals surface area contributed by atoms with Crippen LogP contribution in [0.5, 0.6) is 5.75 Å². The van der Waals surface area contributed by atoms with Gasteiger partial charge in [0.1, 0.15) is 5.75 Å². The van der Waals surface area contributed by atoms with Crippen LogP contribution in [0, 0.1) is 0 Å². The third-order valence-electron chi connectivity index (χ3n) is 5.37. The SMILES string of the molecule is CCc1ccc(C(=O)C(C)Sc2nc3ccccc3c(=O)n2-c2ccccc2OC)cc1. The molecule has 0 fully saturated rings. The van der Waals surface area contributed by atoms with Gasteiger partial charge >= 0.3 is 0 Å². The lowest BCUT2D eigenvalue weighted by molar-refractivity contribution is 0.0994. The zero-order chi connectivity index (χ0) is 22.7. The van der Waals surface area contributed by atoms with Crippen molar-refractivity contribution >= 4 is 28.4 Å². The molecule has 1 unspecified atom stereocenters. The number of rotatable bonds is 7. The fourth-order valence-corrected chi connectivity index (χ4v) is 4.57. The van der Waals surface area contributed by atoms with E-state index in [1.807, 2.05) is 67.6 Å². The quantitative estimate of drug-likeness (QED) is 0.219. The summed E-state index contributed by atoms with van der Waals surface area (Å²) in [5.41, 5.74) is 2.82. The van der Waals surface area contributed by atoms with E-state index in [0.717, 1.165) is 6.42 Å². The van der Waals surface area contributed by atoms with Gasteiger partial charge in [-0.1, -0.05) is 67.2 Å². The minimum atomic E-state index is -0.434. The van der Waals surface area contributed by atoms with Gasteiger partial charge in [-0.05, 0) is 43.2 Å². The van der Waals surface area contributed by atoms with Gasteiger partial charge < -0.3 is 4.74 Å². The molecule has 0 radical (unpaired) electrons. The maximum absolute atomic E-state index is 13.5. The van der Waals surface area contributed by atoms with Crippen molar-refractivity contribution in [3.63, 3.8) is 0 Å². The lowest BCUT2D eigenvalue weighted by Gasteiger charge is -2.17. The number of Topliss-reactive ketones (excluding diaryl/α,β-unsaturated/α-hetero) is 1. The van der Waals surface area contributed by atoms with Crippen LogP contribution in [0.1, 0.15) is 29.8 Å². The number of benzene rings is 3. The van der Waals surface area contributed by atoms with Gasteiger partial charge in [0, 0.05) is 5.56 Å². The first-order chi connectivity index (χ1) is 15.5. The first-order valence-corrected chi connectivity index (χ1v) is 11.4. The lowest BCUT2D eigenvalue weighted by Crippen LogP contribution is -2.24. The van der Waals surface area contributed by atoms with Gasteiger partial charge in [-0.3, -0.25) is 14.2 Å². The number of thioether (sulfide) groups is 1. The summed E-state index contributed by atoms with van der Waals surface area (Å²) in [7, 11) is 1.57. The standard InChI is InChI=1S/C26H24N2O3S/c1-4-18-13-15-19(16-14-18)24(29)17(2)32-26-27-21-10-6-5-9-20(21)25(30)28(26)22-11-7-8-12-23(22)31-3/h5-17H,4H2,1-3H3. The zero-order valence-electron chi connectivity index (χ0n) is 18.2. The van der Waals surface area contributed by atoms with Gasteiger partial charge in [0.05, 0.1) is 29.0 Å². The predicted molar refractivity (Wildman–Crippen MR) is 129 cm³/mol. The highest BCUT2D eigenvalue weighted by Crippen LogP contribution is 2.30. The molecular weight excluding hydrogens is 420 g/mol. The molecule has 1 atom stereocenters. The van der Waals surface area contributed by atoms with Crippen molar-refractivity contribution in [2.24, 2.45) is 0 Å². The molecule has 32 heavy (non-hydrogen) atoms. The maximum Gasteiger partial charge on any atom is 0.266 e. The molecule has 0 saturated heterocycles. The summed E-state index contributed by atoms with van der Waals surface area (Å²) in [5.74, 6) is 0.550. The Balaban J connectivity index is 1.80. The molecule has 6 heteroatoms. The third kappa shape index (κ3) is 4.18. The Labute approximate surface area is 191 Å². The maximum atomic E-state index is 13.5. The summed E-state index contributed by atoms with van der Waals surface area (Å²) in [4.78, 5) is 31.3. The zero-order valence-corrected chi connectivity index (χ0v) is 19.1. The summed E-state index contributed by atoms with van der Waals surface area (Å²) in [6.07, 6.45) is 0.922. The van der Waals surface area contributed by atoms with E-state index >= 15 is 0 Å². The number of hydrogen-bond donors (Lipinski definition) is 0. The van der Waals surface area contributed by atoms with Crippen LogP contribution in [0.4, 0.5) is 0 Å². The van der Waals surface area contributed by atoms with Crippen LogP contribution in [0.15, 0.2) is 82.7 Å². The van der Waals surface area contributed by atoms with E-state index in [1.54, 1.807) is 19.2 Å². The van der Waals surface area contributed by atoms with Gasteiger partial charge in [-0.25, -0.2) is 4.98 Å². The molecule has 1 heterocycles. The number of methoxy groups -OCH3 is 1. The van der Waals surface area contributed by atoms with Crippen LogP contribution in [0.3, 0.4) is 0 Å². The van der Waals surface area contributed by atoms with Crippen LogP contribution in [-0.4, -0.2) is 27.7 Å². The Morgan fingerprint density at radius 3 is 2.44 bits per heavy atom. The van der Waals surface area contributed by atoms with Crippen LogP contribution >= 0.6 is 11.8 Å². The number of ketones is 1. The van der Waals surface area contributed by atoms with Crippen LogP contribution in [-0.2, 0) is 6.42 Å². The molecule has 3 aromatic carbocycles. The fourth-order valence-electron chi connectivity index (χ4n) is 3.57. The van der Waals surface area contributed by atoms with Crippen LogP contribution in [0.2, 0.25) is 0 Å². The molecule has 0 amide bonds. The second kappa shape index (κ2) is 9.40. The van der Waals surface area contributed by atoms with Crippen molar-refractivity contribution in [2.75, 3.05) is 7.11 Å². The molecule has 4 aromatic rings. The van der Waals surface area contributed by atoms with Crippen molar-refractivity contribution < 1.29 is 9.53 Å². The van der Waals surface area contributed by atoms with E-state index in [9.17, 15) is 9.59 Å². The second-order valence-corrected chi connectivity index (χ2v) is 8.71. The number of nitrogens with zero attached hydrogens (tertiary/aromatic N) is 2. The molecule has 1 aromatic heterocycles. The van der Waals surface area contributed by atoms with Gasteiger partial charge in [-0.15, -0.1) is 0 Å². The highest BCUT2D eigenvalue weighted by atomic mass is 32.2. The highest BCUT2D eigenvalue weighted by molar-refractivity contribution is 8.00. The summed E-state index contributed by atoms with van der Waals surface area (Å²) in [6.45, 7) is 3.92. The molecular formula is C26H24N2O3S. The number of aromatic nitrogens is 2. The normalized spacial score (nSPS) is 12.0. The molecule has 0 spiro atoms.